The largest absolute Gasteiger partial charge is 0.481 e. The van der Waals surface area contributed by atoms with Crippen molar-refractivity contribution in [2.75, 3.05) is 11.5 Å². The van der Waals surface area contributed by atoms with Gasteiger partial charge in [-0.15, -0.1) is 0 Å². The molecule has 1 aliphatic rings. The van der Waals surface area contributed by atoms with E-state index in [9.17, 15) is 4.79 Å². The van der Waals surface area contributed by atoms with E-state index in [0.29, 0.717) is 11.6 Å². The normalized spacial score (nSPS) is 21.5. The zero-order valence-corrected chi connectivity index (χ0v) is 9.22. The summed E-state index contributed by atoms with van der Waals surface area (Å²) in [6.45, 7) is 0. The van der Waals surface area contributed by atoms with Gasteiger partial charge in [0.05, 0.1) is 6.42 Å². The van der Waals surface area contributed by atoms with Gasteiger partial charge in [0.25, 0.3) is 0 Å². The van der Waals surface area contributed by atoms with Gasteiger partial charge >= 0.3 is 5.97 Å². The van der Waals surface area contributed by atoms with Gasteiger partial charge in [-0.2, -0.15) is 11.8 Å². The lowest BCUT2D eigenvalue weighted by Gasteiger charge is -2.18. The summed E-state index contributed by atoms with van der Waals surface area (Å²) in [5.41, 5.74) is 0.702. The van der Waals surface area contributed by atoms with Crippen molar-refractivity contribution >= 4 is 17.7 Å². The third kappa shape index (κ3) is 2.75. The van der Waals surface area contributed by atoms with Crippen LogP contribution in [0, 0.1) is 0 Å². The van der Waals surface area contributed by atoms with E-state index in [-0.39, 0.29) is 6.42 Å². The maximum absolute atomic E-state index is 10.5. The molecule has 1 fully saturated rings. The minimum atomic E-state index is -0.816. The van der Waals surface area contributed by atoms with Gasteiger partial charge in [0.1, 0.15) is 5.82 Å². The molecule has 1 unspecified atom stereocenters. The minimum absolute atomic E-state index is 0.0346. The molecule has 1 aliphatic heterocycles. The molecule has 0 spiro atoms. The first-order chi connectivity index (χ1) is 7.25. The lowest BCUT2D eigenvalue weighted by Crippen LogP contribution is -2.10. The number of aromatic nitrogens is 2. The number of carboxylic acids is 1. The minimum Gasteiger partial charge on any atom is -0.481 e. The zero-order chi connectivity index (χ0) is 10.7. The molecule has 0 bridgehead atoms. The Labute approximate surface area is 92.5 Å². The summed E-state index contributed by atoms with van der Waals surface area (Å²) < 4.78 is 0. The summed E-state index contributed by atoms with van der Waals surface area (Å²) in [6, 6.07) is 0. The number of nitrogens with zero attached hydrogens (tertiary/aromatic N) is 1. The van der Waals surface area contributed by atoms with E-state index in [1.54, 1.807) is 6.20 Å². The Balaban J connectivity index is 2.02. The van der Waals surface area contributed by atoms with Crippen LogP contribution in [0.5, 0.6) is 0 Å². The van der Waals surface area contributed by atoms with Crippen molar-refractivity contribution in [3.05, 3.63) is 17.7 Å². The Hall–Kier alpha value is -0.970. The van der Waals surface area contributed by atoms with Gasteiger partial charge in [-0.1, -0.05) is 0 Å². The second kappa shape index (κ2) is 4.70. The Morgan fingerprint density at radius 2 is 2.60 bits per heavy atom. The molecule has 0 aromatic carbocycles. The molecule has 1 aromatic heterocycles. The molecule has 0 radical (unpaired) electrons. The first-order valence-corrected chi connectivity index (χ1v) is 6.24. The van der Waals surface area contributed by atoms with Crippen molar-refractivity contribution < 1.29 is 9.90 Å². The average Bonchev–Trinajstić information content (AvgIpc) is 2.67. The average molecular weight is 226 g/mol. The predicted octanol–water partition coefficient (Wildman–Crippen LogP) is 1.65. The molecule has 4 nitrogen and oxygen atoms in total. The number of nitrogens with one attached hydrogen (secondary N) is 1. The van der Waals surface area contributed by atoms with Gasteiger partial charge in [0, 0.05) is 23.6 Å². The van der Waals surface area contributed by atoms with Crippen molar-refractivity contribution in [2.24, 2.45) is 0 Å². The Bertz CT molecular complexity index is 345. The summed E-state index contributed by atoms with van der Waals surface area (Å²) in [6.07, 6.45) is 4.06. The third-order valence-corrected chi connectivity index (χ3v) is 3.75. The van der Waals surface area contributed by atoms with E-state index < -0.39 is 5.97 Å². The SMILES string of the molecule is O=C(O)Cc1cnc(C2CCCSC2)[nH]1. The summed E-state index contributed by atoms with van der Waals surface area (Å²) in [4.78, 5) is 17.9. The van der Waals surface area contributed by atoms with Crippen molar-refractivity contribution in [1.82, 2.24) is 9.97 Å². The number of hydrogen-bond donors (Lipinski definition) is 2. The quantitative estimate of drug-likeness (QED) is 0.822. The van der Waals surface area contributed by atoms with Gasteiger partial charge < -0.3 is 10.1 Å². The van der Waals surface area contributed by atoms with E-state index in [1.165, 1.54) is 12.2 Å². The molecule has 2 rings (SSSR count). The van der Waals surface area contributed by atoms with E-state index in [1.807, 2.05) is 11.8 Å². The van der Waals surface area contributed by atoms with Crippen molar-refractivity contribution in [2.45, 2.75) is 25.2 Å². The van der Waals surface area contributed by atoms with Crippen LogP contribution in [-0.4, -0.2) is 32.5 Å². The van der Waals surface area contributed by atoms with Crippen LogP contribution in [0.25, 0.3) is 0 Å². The molecule has 2 heterocycles. The standard InChI is InChI=1S/C10H14N2O2S/c13-9(14)4-8-5-11-10(12-8)7-2-1-3-15-6-7/h5,7H,1-4,6H2,(H,11,12)(H,13,14). The molecule has 2 N–H and O–H groups in total. The molecule has 1 saturated heterocycles. The maximum Gasteiger partial charge on any atom is 0.309 e. The van der Waals surface area contributed by atoms with Crippen LogP contribution in [0.3, 0.4) is 0 Å². The molecule has 5 heteroatoms. The second-order valence-corrected chi connectivity index (χ2v) is 4.93. The van der Waals surface area contributed by atoms with Crippen LogP contribution in [0.2, 0.25) is 0 Å². The number of aromatic amines is 1. The highest BCUT2D eigenvalue weighted by Crippen LogP contribution is 2.29. The van der Waals surface area contributed by atoms with Crippen molar-refractivity contribution in [3.8, 4) is 0 Å². The van der Waals surface area contributed by atoms with E-state index in [0.717, 1.165) is 18.0 Å². The van der Waals surface area contributed by atoms with Gasteiger partial charge in [0.15, 0.2) is 0 Å². The Kier molecular flexibility index (Phi) is 3.30. The monoisotopic (exact) mass is 226 g/mol. The van der Waals surface area contributed by atoms with Gasteiger partial charge in [-0.3, -0.25) is 4.79 Å². The molecule has 1 aromatic rings. The molecule has 15 heavy (non-hydrogen) atoms. The highest BCUT2D eigenvalue weighted by Gasteiger charge is 2.18. The molecule has 0 saturated carbocycles. The van der Waals surface area contributed by atoms with Crippen LogP contribution < -0.4 is 0 Å². The van der Waals surface area contributed by atoms with Gasteiger partial charge in [-0.05, 0) is 18.6 Å². The number of carbonyl (C=O) groups is 1. The summed E-state index contributed by atoms with van der Waals surface area (Å²) >= 11 is 1.94. The van der Waals surface area contributed by atoms with Crippen LogP contribution >= 0.6 is 11.8 Å². The van der Waals surface area contributed by atoms with Crippen LogP contribution in [0.15, 0.2) is 6.20 Å². The summed E-state index contributed by atoms with van der Waals surface area (Å²) in [5.74, 6) is 2.95. The summed E-state index contributed by atoms with van der Waals surface area (Å²) in [5, 5.41) is 8.63. The fraction of sp³-hybridized carbons (Fsp3) is 0.600. The summed E-state index contributed by atoms with van der Waals surface area (Å²) in [7, 11) is 0. The molecule has 1 atom stereocenters. The highest BCUT2D eigenvalue weighted by molar-refractivity contribution is 7.99. The Morgan fingerprint density at radius 1 is 1.73 bits per heavy atom. The van der Waals surface area contributed by atoms with Gasteiger partial charge in [0.2, 0.25) is 0 Å². The topological polar surface area (TPSA) is 66.0 Å². The number of H-pyrrole nitrogens is 1. The molecule has 0 amide bonds. The molecular weight excluding hydrogens is 212 g/mol. The fourth-order valence-corrected chi connectivity index (χ4v) is 2.94. The number of carboxylic acid groups (broad SMARTS) is 1. The van der Waals surface area contributed by atoms with Crippen LogP contribution in [0.1, 0.15) is 30.3 Å². The van der Waals surface area contributed by atoms with Gasteiger partial charge in [-0.25, -0.2) is 4.98 Å². The smallest absolute Gasteiger partial charge is 0.309 e. The van der Waals surface area contributed by atoms with E-state index in [2.05, 4.69) is 9.97 Å². The van der Waals surface area contributed by atoms with Crippen LogP contribution in [-0.2, 0) is 11.2 Å². The number of thioether (sulfide) groups is 1. The zero-order valence-electron chi connectivity index (χ0n) is 8.40. The fourth-order valence-electron chi connectivity index (χ4n) is 1.79. The van der Waals surface area contributed by atoms with E-state index in [4.69, 9.17) is 5.11 Å². The third-order valence-electron chi connectivity index (χ3n) is 2.54. The lowest BCUT2D eigenvalue weighted by molar-refractivity contribution is -0.136. The molecule has 0 aliphatic carbocycles. The first-order valence-electron chi connectivity index (χ1n) is 5.09. The second-order valence-electron chi connectivity index (χ2n) is 3.78. The van der Waals surface area contributed by atoms with Crippen LogP contribution in [0.4, 0.5) is 0 Å². The number of hydrogen-bond acceptors (Lipinski definition) is 3. The highest BCUT2D eigenvalue weighted by atomic mass is 32.2. The predicted molar refractivity (Wildman–Crippen MR) is 59.2 cm³/mol. The van der Waals surface area contributed by atoms with Crippen molar-refractivity contribution in [3.63, 3.8) is 0 Å². The van der Waals surface area contributed by atoms with Crippen molar-refractivity contribution in [1.29, 1.82) is 0 Å². The van der Waals surface area contributed by atoms with E-state index >= 15 is 0 Å². The maximum atomic E-state index is 10.5. The lowest BCUT2D eigenvalue weighted by atomic mass is 10.1. The number of imidazole rings is 1. The first kappa shape index (κ1) is 10.5. The molecular formula is C10H14N2O2S. The molecule has 82 valence electrons. The number of rotatable bonds is 3. The Morgan fingerprint density at radius 3 is 3.27 bits per heavy atom. The number of aliphatic carboxylic acids is 1.